The van der Waals surface area contributed by atoms with Crippen LogP contribution in [-0.4, -0.2) is 28.8 Å². The minimum atomic E-state index is -1.10. The fourth-order valence-electron chi connectivity index (χ4n) is 1.87. The molecule has 2 aromatic rings. The number of nitrogens with one attached hydrogen (secondary N) is 1. The van der Waals surface area contributed by atoms with E-state index < -0.39 is 17.9 Å². The van der Waals surface area contributed by atoms with Crippen LogP contribution >= 0.6 is 12.6 Å². The van der Waals surface area contributed by atoms with Crippen molar-refractivity contribution in [3.05, 3.63) is 60.2 Å². The summed E-state index contributed by atoms with van der Waals surface area (Å²) in [4.78, 5) is 22.8. The SMILES string of the molecule is O=C(N[C@@H](CS)C(=O)O)c1ccc(-c2ccccc2)cc1. The van der Waals surface area contributed by atoms with Crippen molar-refractivity contribution in [2.45, 2.75) is 6.04 Å². The number of benzene rings is 2. The molecule has 0 aliphatic carbocycles. The highest BCUT2D eigenvalue weighted by Crippen LogP contribution is 2.19. The van der Waals surface area contributed by atoms with Crippen LogP contribution in [-0.2, 0) is 4.79 Å². The predicted octanol–water partition coefficient (Wildman–Crippen LogP) is 2.47. The average Bonchev–Trinajstić information content (AvgIpc) is 2.53. The second-order valence-corrected chi connectivity index (χ2v) is 4.86. The Morgan fingerprint density at radius 1 is 1.00 bits per heavy atom. The molecule has 0 heterocycles. The first-order valence-corrected chi connectivity index (χ1v) is 7.05. The lowest BCUT2D eigenvalue weighted by Gasteiger charge is -2.12. The molecule has 0 aliphatic heterocycles. The van der Waals surface area contributed by atoms with E-state index in [1.165, 1.54) is 0 Å². The molecule has 0 fully saturated rings. The van der Waals surface area contributed by atoms with Gasteiger partial charge in [0, 0.05) is 11.3 Å². The van der Waals surface area contributed by atoms with E-state index in [0.717, 1.165) is 11.1 Å². The maximum absolute atomic E-state index is 12.0. The second kappa shape index (κ2) is 6.95. The van der Waals surface area contributed by atoms with E-state index >= 15 is 0 Å². The summed E-state index contributed by atoms with van der Waals surface area (Å²) < 4.78 is 0. The quantitative estimate of drug-likeness (QED) is 0.743. The lowest BCUT2D eigenvalue weighted by atomic mass is 10.0. The average molecular weight is 301 g/mol. The first-order valence-electron chi connectivity index (χ1n) is 6.42. The van der Waals surface area contributed by atoms with E-state index in [1.807, 2.05) is 42.5 Å². The molecule has 1 amide bonds. The van der Waals surface area contributed by atoms with E-state index in [0.29, 0.717) is 5.56 Å². The molecule has 1 atom stereocenters. The molecular formula is C16H15NO3S. The predicted molar refractivity (Wildman–Crippen MR) is 84.6 cm³/mol. The number of carbonyl (C=O) groups excluding carboxylic acids is 1. The summed E-state index contributed by atoms with van der Waals surface area (Å²) in [5.74, 6) is -1.47. The van der Waals surface area contributed by atoms with Gasteiger partial charge in [0.2, 0.25) is 0 Å². The van der Waals surface area contributed by atoms with Crippen molar-refractivity contribution in [3.63, 3.8) is 0 Å². The molecule has 5 heteroatoms. The third-order valence-corrected chi connectivity index (χ3v) is 3.41. The van der Waals surface area contributed by atoms with E-state index in [9.17, 15) is 9.59 Å². The first kappa shape index (κ1) is 15.1. The van der Waals surface area contributed by atoms with Gasteiger partial charge in [0.25, 0.3) is 5.91 Å². The molecule has 0 spiro atoms. The highest BCUT2D eigenvalue weighted by atomic mass is 32.1. The molecule has 0 aromatic heterocycles. The number of carboxylic acids is 1. The molecule has 2 rings (SSSR count). The summed E-state index contributed by atoms with van der Waals surface area (Å²) in [6.45, 7) is 0. The summed E-state index contributed by atoms with van der Waals surface area (Å²) in [6, 6.07) is 15.8. The summed E-state index contributed by atoms with van der Waals surface area (Å²) in [6.07, 6.45) is 0. The Hall–Kier alpha value is -2.27. The van der Waals surface area contributed by atoms with Crippen LogP contribution in [0, 0.1) is 0 Å². The van der Waals surface area contributed by atoms with E-state index in [1.54, 1.807) is 12.1 Å². The maximum Gasteiger partial charge on any atom is 0.327 e. The van der Waals surface area contributed by atoms with E-state index in [-0.39, 0.29) is 5.75 Å². The van der Waals surface area contributed by atoms with Crippen molar-refractivity contribution in [1.82, 2.24) is 5.32 Å². The zero-order valence-corrected chi connectivity index (χ0v) is 12.1. The van der Waals surface area contributed by atoms with Gasteiger partial charge >= 0.3 is 5.97 Å². The van der Waals surface area contributed by atoms with Crippen molar-refractivity contribution in [2.24, 2.45) is 0 Å². The molecule has 2 N–H and O–H groups in total. The Morgan fingerprint density at radius 2 is 1.57 bits per heavy atom. The zero-order chi connectivity index (χ0) is 15.2. The molecule has 0 radical (unpaired) electrons. The third-order valence-electron chi connectivity index (χ3n) is 3.04. The molecule has 2 aromatic carbocycles. The highest BCUT2D eigenvalue weighted by Gasteiger charge is 2.18. The Labute approximate surface area is 128 Å². The van der Waals surface area contributed by atoms with Gasteiger partial charge in [0.1, 0.15) is 6.04 Å². The Morgan fingerprint density at radius 3 is 2.10 bits per heavy atom. The number of hydrogen-bond acceptors (Lipinski definition) is 3. The van der Waals surface area contributed by atoms with Crippen molar-refractivity contribution in [3.8, 4) is 11.1 Å². The van der Waals surface area contributed by atoms with E-state index in [4.69, 9.17) is 5.11 Å². The van der Waals surface area contributed by atoms with Crippen LogP contribution in [0.4, 0.5) is 0 Å². The minimum absolute atomic E-state index is 0.0448. The number of amides is 1. The Bertz CT molecular complexity index is 626. The number of rotatable bonds is 5. The van der Waals surface area contributed by atoms with Crippen LogP contribution in [0.3, 0.4) is 0 Å². The van der Waals surface area contributed by atoms with Crippen molar-refractivity contribution < 1.29 is 14.7 Å². The molecule has 0 saturated heterocycles. The maximum atomic E-state index is 12.0. The summed E-state index contributed by atoms with van der Waals surface area (Å²) in [5.41, 5.74) is 2.47. The highest BCUT2D eigenvalue weighted by molar-refractivity contribution is 7.80. The first-order chi connectivity index (χ1) is 10.1. The molecule has 21 heavy (non-hydrogen) atoms. The monoisotopic (exact) mass is 301 g/mol. The van der Waals surface area contributed by atoms with Crippen molar-refractivity contribution >= 4 is 24.5 Å². The minimum Gasteiger partial charge on any atom is -0.480 e. The standard InChI is InChI=1S/C16H15NO3S/c18-15(17-14(10-21)16(19)20)13-8-6-12(7-9-13)11-4-2-1-3-5-11/h1-9,14,21H,10H2,(H,17,18)(H,19,20)/t14-/m0/s1. The van der Waals surface area contributed by atoms with Crippen LogP contribution < -0.4 is 5.32 Å². The lowest BCUT2D eigenvalue weighted by molar-refractivity contribution is -0.138. The fourth-order valence-corrected chi connectivity index (χ4v) is 2.12. The number of thiol groups is 1. The van der Waals surface area contributed by atoms with Gasteiger partial charge in [-0.05, 0) is 23.3 Å². The molecule has 4 nitrogen and oxygen atoms in total. The van der Waals surface area contributed by atoms with Crippen LogP contribution in [0.5, 0.6) is 0 Å². The summed E-state index contributed by atoms with van der Waals surface area (Å²) in [5, 5.41) is 11.3. The summed E-state index contributed by atoms with van der Waals surface area (Å²) in [7, 11) is 0. The number of hydrogen-bond donors (Lipinski definition) is 3. The Balaban J connectivity index is 2.12. The topological polar surface area (TPSA) is 66.4 Å². The van der Waals surface area contributed by atoms with Crippen molar-refractivity contribution in [2.75, 3.05) is 5.75 Å². The fraction of sp³-hybridized carbons (Fsp3) is 0.125. The molecule has 0 saturated carbocycles. The van der Waals surface area contributed by atoms with Gasteiger partial charge in [-0.3, -0.25) is 4.79 Å². The van der Waals surface area contributed by atoms with Gasteiger partial charge in [-0.2, -0.15) is 12.6 Å². The van der Waals surface area contributed by atoms with Gasteiger partial charge < -0.3 is 10.4 Å². The largest absolute Gasteiger partial charge is 0.480 e. The number of carboxylic acid groups (broad SMARTS) is 1. The molecule has 108 valence electrons. The molecule has 0 aliphatic rings. The van der Waals surface area contributed by atoms with Gasteiger partial charge in [-0.15, -0.1) is 0 Å². The van der Waals surface area contributed by atoms with E-state index in [2.05, 4.69) is 17.9 Å². The van der Waals surface area contributed by atoms with Crippen LogP contribution in [0.2, 0.25) is 0 Å². The third kappa shape index (κ3) is 3.86. The Kier molecular flexibility index (Phi) is 5.00. The molecule has 0 unspecified atom stereocenters. The number of aliphatic carboxylic acids is 1. The molecule has 0 bridgehead atoms. The summed E-state index contributed by atoms with van der Waals surface area (Å²) >= 11 is 3.91. The van der Waals surface area contributed by atoms with Gasteiger partial charge in [-0.25, -0.2) is 4.79 Å². The number of carbonyl (C=O) groups is 2. The zero-order valence-electron chi connectivity index (χ0n) is 11.2. The smallest absolute Gasteiger partial charge is 0.327 e. The van der Waals surface area contributed by atoms with Gasteiger partial charge in [0.05, 0.1) is 0 Å². The van der Waals surface area contributed by atoms with Gasteiger partial charge in [-0.1, -0.05) is 42.5 Å². The van der Waals surface area contributed by atoms with Gasteiger partial charge in [0.15, 0.2) is 0 Å². The lowest BCUT2D eigenvalue weighted by Crippen LogP contribution is -2.42. The van der Waals surface area contributed by atoms with Crippen molar-refractivity contribution in [1.29, 1.82) is 0 Å². The molecular weight excluding hydrogens is 286 g/mol. The normalized spacial score (nSPS) is 11.7. The van der Waals surface area contributed by atoms with Crippen LogP contribution in [0.15, 0.2) is 54.6 Å². The van der Waals surface area contributed by atoms with Crippen LogP contribution in [0.1, 0.15) is 10.4 Å². The van der Waals surface area contributed by atoms with Crippen LogP contribution in [0.25, 0.3) is 11.1 Å². The second-order valence-electron chi connectivity index (χ2n) is 4.49.